The van der Waals surface area contributed by atoms with Gasteiger partial charge in [-0.2, -0.15) is 0 Å². The minimum absolute atomic E-state index is 0.230. The first-order valence-corrected chi connectivity index (χ1v) is 7.18. The highest BCUT2D eigenvalue weighted by atomic mass is 35.5. The average Bonchev–Trinajstić information content (AvgIpc) is 2.94. The van der Waals surface area contributed by atoms with E-state index >= 15 is 0 Å². The molecule has 0 aliphatic carbocycles. The number of hydrogen-bond donors (Lipinski definition) is 3. The van der Waals surface area contributed by atoms with Gasteiger partial charge >= 0.3 is 0 Å². The third-order valence-corrected chi connectivity index (χ3v) is 3.69. The van der Waals surface area contributed by atoms with Crippen LogP contribution < -0.4 is 0 Å². The zero-order valence-electron chi connectivity index (χ0n) is 11.6. The molecule has 3 N–H and O–H groups in total. The van der Waals surface area contributed by atoms with E-state index in [0.29, 0.717) is 27.4 Å². The Labute approximate surface area is 131 Å². The highest BCUT2D eigenvalue weighted by Crippen LogP contribution is 2.28. The van der Waals surface area contributed by atoms with Crippen molar-refractivity contribution in [3.63, 3.8) is 0 Å². The van der Waals surface area contributed by atoms with Crippen LogP contribution in [0.15, 0.2) is 36.4 Å². The molecule has 0 fully saturated rings. The van der Waals surface area contributed by atoms with Gasteiger partial charge in [0.25, 0.3) is 0 Å². The number of benzene rings is 1. The summed E-state index contributed by atoms with van der Waals surface area (Å²) < 4.78 is 13.8. The summed E-state index contributed by atoms with van der Waals surface area (Å²) in [6.45, 7) is -0.344. The van der Waals surface area contributed by atoms with Crippen molar-refractivity contribution < 1.29 is 14.6 Å². The van der Waals surface area contributed by atoms with Crippen LogP contribution in [0.2, 0.25) is 5.15 Å². The molecule has 1 atom stereocenters. The number of aromatic nitrogens is 2. The van der Waals surface area contributed by atoms with Gasteiger partial charge in [0, 0.05) is 17.3 Å². The Morgan fingerprint density at radius 2 is 2.09 bits per heavy atom. The van der Waals surface area contributed by atoms with Gasteiger partial charge in [-0.1, -0.05) is 23.7 Å². The van der Waals surface area contributed by atoms with Crippen molar-refractivity contribution in [1.29, 1.82) is 0 Å². The lowest BCUT2D eigenvalue weighted by Gasteiger charge is -2.11. The SMILES string of the molecule is OCC(O)Cc1ccc(Cl)nc1-c1cc2c(F)cccc2[nH]1. The highest BCUT2D eigenvalue weighted by molar-refractivity contribution is 6.29. The quantitative estimate of drug-likeness (QED) is 0.647. The maximum atomic E-state index is 13.8. The molecule has 2 heterocycles. The molecule has 4 nitrogen and oxygen atoms in total. The number of pyridine rings is 1. The van der Waals surface area contributed by atoms with E-state index in [-0.39, 0.29) is 18.8 Å². The van der Waals surface area contributed by atoms with Gasteiger partial charge in [0.15, 0.2) is 0 Å². The molecule has 6 heteroatoms. The second-order valence-corrected chi connectivity index (χ2v) is 5.45. The summed E-state index contributed by atoms with van der Waals surface area (Å²) in [6.07, 6.45) is -0.656. The first kappa shape index (κ1) is 15.0. The summed E-state index contributed by atoms with van der Waals surface area (Å²) in [5.74, 6) is -0.320. The summed E-state index contributed by atoms with van der Waals surface area (Å²) in [5, 5.41) is 19.4. The second-order valence-electron chi connectivity index (χ2n) is 5.07. The lowest BCUT2D eigenvalue weighted by Crippen LogP contribution is -2.16. The highest BCUT2D eigenvalue weighted by Gasteiger charge is 2.15. The maximum Gasteiger partial charge on any atom is 0.132 e. The number of nitrogens with one attached hydrogen (secondary N) is 1. The van der Waals surface area contributed by atoms with Crippen molar-refractivity contribution in [1.82, 2.24) is 9.97 Å². The fourth-order valence-corrected chi connectivity index (χ4v) is 2.57. The van der Waals surface area contributed by atoms with Crippen LogP contribution in [0, 0.1) is 5.82 Å². The normalized spacial score (nSPS) is 12.7. The van der Waals surface area contributed by atoms with E-state index in [1.807, 2.05) is 0 Å². The monoisotopic (exact) mass is 320 g/mol. The number of aliphatic hydroxyl groups excluding tert-OH is 2. The zero-order valence-corrected chi connectivity index (χ0v) is 12.3. The van der Waals surface area contributed by atoms with Crippen molar-refractivity contribution in [2.75, 3.05) is 6.61 Å². The van der Waals surface area contributed by atoms with Gasteiger partial charge in [0.2, 0.25) is 0 Å². The van der Waals surface area contributed by atoms with Crippen LogP contribution in [0.5, 0.6) is 0 Å². The predicted molar refractivity (Wildman–Crippen MR) is 83.3 cm³/mol. The molecule has 0 spiro atoms. The van der Waals surface area contributed by atoms with Crippen LogP contribution in [-0.4, -0.2) is 32.9 Å². The molecule has 0 saturated carbocycles. The van der Waals surface area contributed by atoms with Crippen molar-refractivity contribution in [2.45, 2.75) is 12.5 Å². The largest absolute Gasteiger partial charge is 0.394 e. The Morgan fingerprint density at radius 3 is 2.82 bits per heavy atom. The van der Waals surface area contributed by atoms with Crippen LogP contribution in [0.25, 0.3) is 22.3 Å². The van der Waals surface area contributed by atoms with Gasteiger partial charge in [-0.25, -0.2) is 9.37 Å². The number of aliphatic hydroxyl groups is 2. The first-order chi connectivity index (χ1) is 10.6. The Bertz CT molecular complexity index is 819. The summed E-state index contributed by atoms with van der Waals surface area (Å²) in [6, 6.07) is 9.81. The van der Waals surface area contributed by atoms with Gasteiger partial charge in [-0.15, -0.1) is 0 Å². The fourth-order valence-electron chi connectivity index (χ4n) is 2.43. The Balaban J connectivity index is 2.12. The summed E-state index contributed by atoms with van der Waals surface area (Å²) in [7, 11) is 0. The van der Waals surface area contributed by atoms with Crippen molar-refractivity contribution in [2.24, 2.45) is 0 Å². The van der Waals surface area contributed by atoms with Crippen molar-refractivity contribution in [3.05, 3.63) is 52.9 Å². The third-order valence-electron chi connectivity index (χ3n) is 3.48. The average molecular weight is 321 g/mol. The Hall–Kier alpha value is -1.95. The first-order valence-electron chi connectivity index (χ1n) is 6.80. The van der Waals surface area contributed by atoms with E-state index in [2.05, 4.69) is 9.97 Å². The van der Waals surface area contributed by atoms with Crippen LogP contribution in [0.3, 0.4) is 0 Å². The molecule has 1 aromatic carbocycles. The molecule has 3 rings (SSSR count). The molecular formula is C16H14ClFN2O2. The van der Waals surface area contributed by atoms with Crippen LogP contribution in [-0.2, 0) is 6.42 Å². The number of H-pyrrole nitrogens is 1. The van der Waals surface area contributed by atoms with E-state index in [1.165, 1.54) is 6.07 Å². The van der Waals surface area contributed by atoms with Gasteiger partial charge < -0.3 is 15.2 Å². The Morgan fingerprint density at radius 1 is 1.27 bits per heavy atom. The van der Waals surface area contributed by atoms with Crippen molar-refractivity contribution in [3.8, 4) is 11.4 Å². The van der Waals surface area contributed by atoms with Crippen LogP contribution in [0.4, 0.5) is 4.39 Å². The summed E-state index contributed by atoms with van der Waals surface area (Å²) >= 11 is 5.96. The van der Waals surface area contributed by atoms with E-state index < -0.39 is 6.10 Å². The number of halogens is 2. The zero-order chi connectivity index (χ0) is 15.7. The topological polar surface area (TPSA) is 69.1 Å². The molecule has 3 aromatic rings. The molecule has 1 unspecified atom stereocenters. The number of fused-ring (bicyclic) bond motifs is 1. The third kappa shape index (κ3) is 2.83. The van der Waals surface area contributed by atoms with Crippen molar-refractivity contribution >= 4 is 22.5 Å². The minimum atomic E-state index is -0.886. The van der Waals surface area contributed by atoms with Crippen LogP contribution in [0.1, 0.15) is 5.56 Å². The second kappa shape index (κ2) is 6.04. The number of hydrogen-bond acceptors (Lipinski definition) is 3. The van der Waals surface area contributed by atoms with Gasteiger partial charge in [0.05, 0.1) is 24.1 Å². The lowest BCUT2D eigenvalue weighted by atomic mass is 10.0. The molecule has 114 valence electrons. The molecule has 0 aliphatic rings. The van der Waals surface area contributed by atoms with E-state index in [4.69, 9.17) is 16.7 Å². The summed E-state index contributed by atoms with van der Waals surface area (Å²) in [4.78, 5) is 7.38. The van der Waals surface area contributed by atoms with Gasteiger partial charge in [0.1, 0.15) is 11.0 Å². The smallest absolute Gasteiger partial charge is 0.132 e. The molecule has 0 bridgehead atoms. The lowest BCUT2D eigenvalue weighted by molar-refractivity contribution is 0.0955. The van der Waals surface area contributed by atoms with Crippen LogP contribution >= 0.6 is 11.6 Å². The van der Waals surface area contributed by atoms with Gasteiger partial charge in [-0.3, -0.25) is 0 Å². The number of nitrogens with zero attached hydrogens (tertiary/aromatic N) is 1. The molecule has 0 amide bonds. The summed E-state index contributed by atoms with van der Waals surface area (Å²) in [5.41, 5.74) is 2.53. The molecule has 22 heavy (non-hydrogen) atoms. The standard InChI is InChI=1S/C16H14ClFN2O2/c17-15-5-4-9(6-10(22)8-21)16(20-15)14-7-11-12(18)2-1-3-13(11)19-14/h1-5,7,10,19,21-22H,6,8H2. The molecule has 0 aliphatic heterocycles. The molecular weight excluding hydrogens is 307 g/mol. The maximum absolute atomic E-state index is 13.8. The number of rotatable bonds is 4. The van der Waals surface area contributed by atoms with Gasteiger partial charge in [-0.05, 0) is 29.8 Å². The van der Waals surface area contributed by atoms with E-state index in [1.54, 1.807) is 30.3 Å². The predicted octanol–water partition coefficient (Wildman–Crippen LogP) is 2.92. The number of aromatic amines is 1. The van der Waals surface area contributed by atoms with E-state index in [0.717, 1.165) is 5.56 Å². The molecule has 0 saturated heterocycles. The molecule has 0 radical (unpaired) electrons. The Kier molecular flexibility index (Phi) is 4.11. The minimum Gasteiger partial charge on any atom is -0.394 e. The fraction of sp³-hybridized carbons (Fsp3) is 0.188. The van der Waals surface area contributed by atoms with E-state index in [9.17, 15) is 9.50 Å². The molecule has 2 aromatic heterocycles.